The smallest absolute Gasteiger partial charge is 0.271 e. The molecule has 1 aromatic rings. The zero-order chi connectivity index (χ0) is 11.8. The molecule has 1 amide bonds. The van der Waals surface area contributed by atoms with Crippen LogP contribution in [0, 0.1) is 0 Å². The van der Waals surface area contributed by atoms with Crippen molar-refractivity contribution < 1.29 is 9.53 Å². The van der Waals surface area contributed by atoms with Gasteiger partial charge in [0.05, 0.1) is 6.61 Å². The third-order valence-electron chi connectivity index (χ3n) is 1.81. The van der Waals surface area contributed by atoms with Crippen molar-refractivity contribution in [2.24, 2.45) is 5.73 Å². The lowest BCUT2D eigenvalue weighted by atomic mass is 10.3. The molecule has 0 spiro atoms. The van der Waals surface area contributed by atoms with Gasteiger partial charge in [-0.05, 0) is 26.0 Å². The minimum absolute atomic E-state index is 0.233. The molecule has 88 valence electrons. The number of nitrogens with one attached hydrogen (secondary N) is 1. The van der Waals surface area contributed by atoms with E-state index >= 15 is 0 Å². The minimum Gasteiger partial charge on any atom is -0.477 e. The summed E-state index contributed by atoms with van der Waals surface area (Å²) in [6.45, 7) is 3.49. The molecule has 0 radical (unpaired) electrons. The van der Waals surface area contributed by atoms with Gasteiger partial charge in [0, 0.05) is 12.6 Å². The summed E-state index contributed by atoms with van der Waals surface area (Å²) in [4.78, 5) is 11.3. The highest BCUT2D eigenvalue weighted by molar-refractivity contribution is 5.91. The first-order valence-electron chi connectivity index (χ1n) is 5.22. The molecule has 3 N–H and O–H groups in total. The summed E-state index contributed by atoms with van der Waals surface area (Å²) in [5, 5.41) is 10.2. The quantitative estimate of drug-likeness (QED) is 0.661. The normalized spacial score (nSPS) is 9.88. The number of carbonyl (C=O) groups is 1. The molecule has 0 atom stereocenters. The second-order valence-electron chi connectivity index (χ2n) is 3.11. The van der Waals surface area contributed by atoms with Gasteiger partial charge in [-0.2, -0.15) is 0 Å². The third kappa shape index (κ3) is 3.82. The van der Waals surface area contributed by atoms with Crippen molar-refractivity contribution in [1.29, 1.82) is 0 Å². The number of nitrogens with zero attached hydrogens (tertiary/aromatic N) is 2. The summed E-state index contributed by atoms with van der Waals surface area (Å²) in [7, 11) is 0. The number of aromatic nitrogens is 2. The van der Waals surface area contributed by atoms with Crippen molar-refractivity contribution >= 4 is 5.91 Å². The van der Waals surface area contributed by atoms with Crippen LogP contribution < -0.4 is 15.8 Å². The first-order chi connectivity index (χ1) is 7.77. The Kier molecular flexibility index (Phi) is 5.21. The Labute approximate surface area is 94.2 Å². The number of hydrogen-bond acceptors (Lipinski definition) is 5. The average molecular weight is 224 g/mol. The van der Waals surface area contributed by atoms with E-state index in [9.17, 15) is 4.79 Å². The monoisotopic (exact) mass is 224 g/mol. The highest BCUT2D eigenvalue weighted by Crippen LogP contribution is 2.04. The van der Waals surface area contributed by atoms with Crippen LogP contribution in [-0.4, -0.2) is 35.8 Å². The van der Waals surface area contributed by atoms with Crippen LogP contribution in [0.2, 0.25) is 0 Å². The van der Waals surface area contributed by atoms with E-state index in [-0.39, 0.29) is 11.6 Å². The Bertz CT molecular complexity index is 326. The predicted octanol–water partition coefficient (Wildman–Crippen LogP) is -0.0461. The highest BCUT2D eigenvalue weighted by Gasteiger charge is 2.06. The molecular formula is C10H16N4O2. The van der Waals surface area contributed by atoms with Crippen LogP contribution in [0.25, 0.3) is 0 Å². The van der Waals surface area contributed by atoms with E-state index in [1.54, 1.807) is 12.1 Å². The fraction of sp³-hybridized carbons (Fsp3) is 0.500. The second-order valence-corrected chi connectivity index (χ2v) is 3.11. The number of carbonyl (C=O) groups excluding carboxylic acids is 1. The number of hydrogen-bond donors (Lipinski definition) is 2. The van der Waals surface area contributed by atoms with Crippen LogP contribution in [0.4, 0.5) is 0 Å². The standard InChI is InChI=1S/C10H16N4O2/c1-2-12-10(15)8-4-5-9(14-13-8)16-7-3-6-11/h4-5H,2-3,6-7,11H2,1H3,(H,12,15). The summed E-state index contributed by atoms with van der Waals surface area (Å²) in [6, 6.07) is 3.20. The van der Waals surface area contributed by atoms with Gasteiger partial charge in [0.25, 0.3) is 5.91 Å². The van der Waals surface area contributed by atoms with Gasteiger partial charge >= 0.3 is 0 Å². The van der Waals surface area contributed by atoms with Crippen LogP contribution in [0.15, 0.2) is 12.1 Å². The maximum absolute atomic E-state index is 11.3. The largest absolute Gasteiger partial charge is 0.477 e. The molecule has 0 saturated heterocycles. The zero-order valence-electron chi connectivity index (χ0n) is 9.27. The maximum atomic E-state index is 11.3. The van der Waals surface area contributed by atoms with Gasteiger partial charge in [-0.1, -0.05) is 0 Å². The van der Waals surface area contributed by atoms with Crippen molar-refractivity contribution in [1.82, 2.24) is 15.5 Å². The molecule has 6 nitrogen and oxygen atoms in total. The Morgan fingerprint density at radius 1 is 1.50 bits per heavy atom. The molecule has 0 fully saturated rings. The van der Waals surface area contributed by atoms with Gasteiger partial charge in [-0.25, -0.2) is 0 Å². The molecule has 0 aliphatic carbocycles. The number of rotatable bonds is 6. The molecular weight excluding hydrogens is 208 g/mol. The summed E-state index contributed by atoms with van der Waals surface area (Å²) < 4.78 is 5.26. The average Bonchev–Trinajstić information content (AvgIpc) is 2.30. The number of nitrogens with two attached hydrogens (primary N) is 1. The van der Waals surface area contributed by atoms with E-state index in [4.69, 9.17) is 10.5 Å². The fourth-order valence-corrected chi connectivity index (χ4v) is 1.03. The Hall–Kier alpha value is -1.69. The molecule has 16 heavy (non-hydrogen) atoms. The van der Waals surface area contributed by atoms with Gasteiger partial charge in [-0.15, -0.1) is 10.2 Å². The Morgan fingerprint density at radius 3 is 2.88 bits per heavy atom. The van der Waals surface area contributed by atoms with E-state index in [1.165, 1.54) is 0 Å². The molecule has 1 aromatic heterocycles. The molecule has 0 aliphatic rings. The lowest BCUT2D eigenvalue weighted by Gasteiger charge is -2.04. The Balaban J connectivity index is 2.50. The number of ether oxygens (including phenoxy) is 1. The molecule has 1 rings (SSSR count). The molecule has 0 aliphatic heterocycles. The van der Waals surface area contributed by atoms with Crippen molar-refractivity contribution in [3.8, 4) is 5.88 Å². The van der Waals surface area contributed by atoms with Gasteiger partial charge in [0.15, 0.2) is 5.69 Å². The van der Waals surface area contributed by atoms with Gasteiger partial charge in [0.2, 0.25) is 5.88 Å². The first kappa shape index (κ1) is 12.4. The fourth-order valence-electron chi connectivity index (χ4n) is 1.03. The molecule has 0 bridgehead atoms. The summed E-state index contributed by atoms with van der Waals surface area (Å²) in [6.07, 6.45) is 0.764. The van der Waals surface area contributed by atoms with Crippen molar-refractivity contribution in [2.45, 2.75) is 13.3 Å². The topological polar surface area (TPSA) is 90.1 Å². The second kappa shape index (κ2) is 6.73. The number of amides is 1. The SMILES string of the molecule is CCNC(=O)c1ccc(OCCCN)nn1. The van der Waals surface area contributed by atoms with Crippen molar-refractivity contribution in [3.63, 3.8) is 0 Å². The molecule has 1 heterocycles. The first-order valence-corrected chi connectivity index (χ1v) is 5.22. The van der Waals surface area contributed by atoms with Crippen LogP contribution >= 0.6 is 0 Å². The van der Waals surface area contributed by atoms with Crippen molar-refractivity contribution in [2.75, 3.05) is 19.7 Å². The lowest BCUT2D eigenvalue weighted by Crippen LogP contribution is -2.24. The Morgan fingerprint density at radius 2 is 2.31 bits per heavy atom. The van der Waals surface area contributed by atoms with Crippen LogP contribution in [0.3, 0.4) is 0 Å². The van der Waals surface area contributed by atoms with E-state index in [1.807, 2.05) is 6.92 Å². The maximum Gasteiger partial charge on any atom is 0.271 e. The lowest BCUT2D eigenvalue weighted by molar-refractivity contribution is 0.0949. The molecule has 6 heteroatoms. The summed E-state index contributed by atoms with van der Waals surface area (Å²) in [5.41, 5.74) is 5.61. The van der Waals surface area contributed by atoms with Crippen molar-refractivity contribution in [3.05, 3.63) is 17.8 Å². The van der Waals surface area contributed by atoms with Gasteiger partial charge in [0.1, 0.15) is 0 Å². The summed E-state index contributed by atoms with van der Waals surface area (Å²) in [5.74, 6) is 0.171. The minimum atomic E-state index is -0.233. The van der Waals surface area contributed by atoms with E-state index < -0.39 is 0 Å². The van der Waals surface area contributed by atoms with E-state index in [0.29, 0.717) is 25.6 Å². The zero-order valence-corrected chi connectivity index (χ0v) is 9.27. The molecule has 0 aromatic carbocycles. The van der Waals surface area contributed by atoms with E-state index in [0.717, 1.165) is 6.42 Å². The highest BCUT2D eigenvalue weighted by atomic mass is 16.5. The third-order valence-corrected chi connectivity index (χ3v) is 1.81. The van der Waals surface area contributed by atoms with Crippen LogP contribution in [0.1, 0.15) is 23.8 Å². The predicted molar refractivity (Wildman–Crippen MR) is 59.2 cm³/mol. The molecule has 0 unspecified atom stereocenters. The summed E-state index contributed by atoms with van der Waals surface area (Å²) >= 11 is 0. The molecule has 0 saturated carbocycles. The van der Waals surface area contributed by atoms with E-state index in [2.05, 4.69) is 15.5 Å². The van der Waals surface area contributed by atoms with Gasteiger partial charge < -0.3 is 15.8 Å². The van der Waals surface area contributed by atoms with Crippen LogP contribution in [0.5, 0.6) is 5.88 Å². The van der Waals surface area contributed by atoms with Gasteiger partial charge in [-0.3, -0.25) is 4.79 Å². The van der Waals surface area contributed by atoms with Crippen LogP contribution in [-0.2, 0) is 0 Å².